The van der Waals surface area contributed by atoms with Crippen molar-refractivity contribution in [3.8, 4) is 0 Å². The van der Waals surface area contributed by atoms with E-state index in [1.165, 1.54) is 0 Å². The first-order chi connectivity index (χ1) is 6.17. The third-order valence-corrected chi connectivity index (χ3v) is 1.94. The number of allylic oxidation sites excluding steroid dienone is 2. The Balaban J connectivity index is 3.11. The maximum Gasteiger partial charge on any atom is 0.344 e. The lowest BCUT2D eigenvalue weighted by Gasteiger charge is -2.16. The highest BCUT2D eigenvalue weighted by atomic mass is 19.3. The molecule has 1 aliphatic carbocycles. The fourth-order valence-electron chi connectivity index (χ4n) is 0.961. The minimum absolute atomic E-state index is 1.24. The Hall–Kier alpha value is -1.01. The lowest BCUT2D eigenvalue weighted by atomic mass is 10.1. The van der Waals surface area contributed by atoms with E-state index < -0.39 is 35.2 Å². The van der Waals surface area contributed by atoms with Gasteiger partial charge in [0.05, 0.1) is 0 Å². The zero-order chi connectivity index (χ0) is 11.3. The van der Waals surface area contributed by atoms with Gasteiger partial charge in [-0.25, -0.2) is 8.78 Å². The quantitative estimate of drug-likeness (QED) is 0.494. The van der Waals surface area contributed by atoms with E-state index in [9.17, 15) is 30.7 Å². The van der Waals surface area contributed by atoms with E-state index in [1.807, 2.05) is 0 Å². The standard InChI is InChI=1S/C7H3F7/c1-2-3(8)6(2,12)7(13,14)4(9)5(10)11/h3H,1H2. The first-order valence-electron chi connectivity index (χ1n) is 3.28. The molecule has 2 unspecified atom stereocenters. The molecule has 0 radical (unpaired) electrons. The minimum atomic E-state index is -5.21. The van der Waals surface area contributed by atoms with E-state index in [1.54, 1.807) is 0 Å². The van der Waals surface area contributed by atoms with Crippen LogP contribution < -0.4 is 0 Å². The summed E-state index contributed by atoms with van der Waals surface area (Å²) < 4.78 is 85.2. The monoisotopic (exact) mass is 220 g/mol. The summed E-state index contributed by atoms with van der Waals surface area (Å²) in [5, 5.41) is 0. The molecule has 1 saturated carbocycles. The lowest BCUT2D eigenvalue weighted by Crippen LogP contribution is -2.35. The van der Waals surface area contributed by atoms with Crippen LogP contribution in [0, 0.1) is 0 Å². The maximum atomic E-state index is 12.8. The molecule has 1 fully saturated rings. The zero-order valence-electron chi connectivity index (χ0n) is 6.43. The second-order valence-corrected chi connectivity index (χ2v) is 2.75. The molecule has 0 nitrogen and oxygen atoms in total. The Morgan fingerprint density at radius 3 is 1.86 bits per heavy atom. The summed E-state index contributed by atoms with van der Waals surface area (Å²) in [4.78, 5) is 0. The van der Waals surface area contributed by atoms with Crippen molar-refractivity contribution >= 4 is 0 Å². The summed E-state index contributed by atoms with van der Waals surface area (Å²) in [6.45, 7) is 2.54. The second kappa shape index (κ2) is 2.74. The number of rotatable bonds is 2. The molecule has 80 valence electrons. The van der Waals surface area contributed by atoms with Gasteiger partial charge in [-0.1, -0.05) is 6.58 Å². The highest BCUT2D eigenvalue weighted by Gasteiger charge is 2.78. The predicted molar refractivity (Wildman–Crippen MR) is 33.2 cm³/mol. The van der Waals surface area contributed by atoms with Crippen molar-refractivity contribution in [1.29, 1.82) is 0 Å². The molecule has 0 N–H and O–H groups in total. The van der Waals surface area contributed by atoms with E-state index in [0.29, 0.717) is 0 Å². The van der Waals surface area contributed by atoms with Gasteiger partial charge in [0.2, 0.25) is 11.5 Å². The number of halogens is 7. The first-order valence-corrected chi connectivity index (χ1v) is 3.28. The van der Waals surface area contributed by atoms with Crippen molar-refractivity contribution in [2.24, 2.45) is 0 Å². The van der Waals surface area contributed by atoms with Crippen LogP contribution in [0.5, 0.6) is 0 Å². The van der Waals surface area contributed by atoms with E-state index >= 15 is 0 Å². The van der Waals surface area contributed by atoms with Crippen molar-refractivity contribution in [2.75, 3.05) is 0 Å². The Labute approximate surface area is 73.7 Å². The van der Waals surface area contributed by atoms with Crippen LogP contribution in [-0.4, -0.2) is 17.8 Å². The molecular weight excluding hydrogens is 217 g/mol. The number of hydrogen-bond donors (Lipinski definition) is 0. The molecule has 0 aliphatic heterocycles. The second-order valence-electron chi connectivity index (χ2n) is 2.75. The fraction of sp³-hybridized carbons (Fsp3) is 0.429. The van der Waals surface area contributed by atoms with Gasteiger partial charge >= 0.3 is 12.0 Å². The molecule has 0 aromatic carbocycles. The largest absolute Gasteiger partial charge is 0.344 e. The van der Waals surface area contributed by atoms with Crippen LogP contribution in [0.15, 0.2) is 24.1 Å². The van der Waals surface area contributed by atoms with E-state index in [0.717, 1.165) is 0 Å². The zero-order valence-corrected chi connectivity index (χ0v) is 6.43. The van der Waals surface area contributed by atoms with Crippen molar-refractivity contribution in [2.45, 2.75) is 17.8 Å². The van der Waals surface area contributed by atoms with Gasteiger partial charge < -0.3 is 0 Å². The van der Waals surface area contributed by atoms with Crippen LogP contribution >= 0.6 is 0 Å². The fourth-order valence-corrected chi connectivity index (χ4v) is 0.961. The Bertz CT molecular complexity index is 314. The molecule has 1 rings (SSSR count). The van der Waals surface area contributed by atoms with Crippen molar-refractivity contribution in [3.63, 3.8) is 0 Å². The van der Waals surface area contributed by atoms with E-state index in [4.69, 9.17) is 0 Å². The van der Waals surface area contributed by atoms with Gasteiger partial charge in [-0.15, -0.1) is 0 Å². The van der Waals surface area contributed by atoms with E-state index in [-0.39, 0.29) is 0 Å². The van der Waals surface area contributed by atoms with Crippen LogP contribution in [0.4, 0.5) is 30.7 Å². The summed E-state index contributed by atoms with van der Waals surface area (Å²) in [6.07, 6.45) is -6.19. The number of hydrogen-bond acceptors (Lipinski definition) is 0. The van der Waals surface area contributed by atoms with Crippen LogP contribution in [0.25, 0.3) is 0 Å². The molecule has 0 amide bonds. The van der Waals surface area contributed by atoms with Gasteiger partial charge in [0, 0.05) is 5.57 Å². The van der Waals surface area contributed by atoms with Gasteiger partial charge in [-0.05, 0) is 0 Å². The van der Waals surface area contributed by atoms with Gasteiger partial charge in [0.1, 0.15) is 0 Å². The highest BCUT2D eigenvalue weighted by Crippen LogP contribution is 2.60. The van der Waals surface area contributed by atoms with Gasteiger partial charge in [0.15, 0.2) is 6.17 Å². The summed E-state index contributed by atoms with van der Waals surface area (Å²) >= 11 is 0. The Morgan fingerprint density at radius 1 is 1.29 bits per heavy atom. The van der Waals surface area contributed by atoms with Crippen LogP contribution in [0.1, 0.15) is 0 Å². The minimum Gasteiger partial charge on any atom is -0.238 e. The smallest absolute Gasteiger partial charge is 0.238 e. The van der Waals surface area contributed by atoms with Gasteiger partial charge in [-0.3, -0.25) is 0 Å². The van der Waals surface area contributed by atoms with E-state index in [2.05, 4.69) is 6.58 Å². The summed E-state index contributed by atoms with van der Waals surface area (Å²) in [7, 11) is 0. The third-order valence-electron chi connectivity index (χ3n) is 1.94. The molecule has 0 saturated heterocycles. The molecule has 1 aliphatic rings. The maximum absolute atomic E-state index is 12.8. The molecule has 2 atom stereocenters. The van der Waals surface area contributed by atoms with Crippen LogP contribution in [0.3, 0.4) is 0 Å². The van der Waals surface area contributed by atoms with Gasteiger partial charge in [-0.2, -0.15) is 22.0 Å². The van der Waals surface area contributed by atoms with Gasteiger partial charge in [0.25, 0.3) is 0 Å². The molecule has 0 aromatic heterocycles. The Morgan fingerprint density at radius 2 is 1.64 bits per heavy atom. The topological polar surface area (TPSA) is 0 Å². The average Bonchev–Trinajstić information content (AvgIpc) is 2.57. The Kier molecular flexibility index (Phi) is 2.17. The summed E-state index contributed by atoms with van der Waals surface area (Å²) in [6, 6.07) is 0. The molecule has 7 heteroatoms. The summed E-state index contributed by atoms with van der Waals surface area (Å²) in [5.74, 6) is -8.47. The van der Waals surface area contributed by atoms with Crippen molar-refractivity contribution < 1.29 is 30.7 Å². The lowest BCUT2D eigenvalue weighted by molar-refractivity contribution is -0.0786. The molecule has 0 bridgehead atoms. The normalized spacial score (nSPS) is 31.6. The van der Waals surface area contributed by atoms with Crippen molar-refractivity contribution in [1.82, 2.24) is 0 Å². The van der Waals surface area contributed by atoms with Crippen molar-refractivity contribution in [3.05, 3.63) is 24.1 Å². The molecule has 0 heterocycles. The molecule has 0 aromatic rings. The average molecular weight is 220 g/mol. The molecule has 14 heavy (non-hydrogen) atoms. The van der Waals surface area contributed by atoms with Crippen LogP contribution in [0.2, 0.25) is 0 Å². The number of alkyl halides is 4. The SMILES string of the molecule is C=C1C(F)C1(F)C(F)(F)C(F)=C(F)F. The van der Waals surface area contributed by atoms with Crippen LogP contribution in [-0.2, 0) is 0 Å². The molecular formula is C7H3F7. The molecule has 0 spiro atoms. The third kappa shape index (κ3) is 1.07. The summed E-state index contributed by atoms with van der Waals surface area (Å²) in [5.41, 5.74) is -5.28. The highest BCUT2D eigenvalue weighted by molar-refractivity contribution is 5.48. The first kappa shape index (κ1) is 11.1. The predicted octanol–water partition coefficient (Wildman–Crippen LogP) is 3.32.